The molecule has 0 atom stereocenters. The SMILES string of the molecule is Nc1cnc2c(c1)CCc1ccccc1-2. The summed E-state index contributed by atoms with van der Waals surface area (Å²) in [6.45, 7) is 0. The van der Waals surface area contributed by atoms with Gasteiger partial charge in [-0.2, -0.15) is 0 Å². The van der Waals surface area contributed by atoms with Gasteiger partial charge in [-0.1, -0.05) is 24.3 Å². The molecule has 1 aromatic heterocycles. The summed E-state index contributed by atoms with van der Waals surface area (Å²) in [5.41, 5.74) is 11.5. The highest BCUT2D eigenvalue weighted by Crippen LogP contribution is 2.32. The van der Waals surface area contributed by atoms with E-state index in [1.807, 2.05) is 6.07 Å². The van der Waals surface area contributed by atoms with E-state index in [-0.39, 0.29) is 0 Å². The van der Waals surface area contributed by atoms with Gasteiger partial charge < -0.3 is 5.73 Å². The molecule has 2 nitrogen and oxygen atoms in total. The Bertz CT molecular complexity index is 518. The molecule has 2 heteroatoms. The molecule has 2 aromatic rings. The van der Waals surface area contributed by atoms with Gasteiger partial charge >= 0.3 is 0 Å². The Morgan fingerprint density at radius 2 is 1.87 bits per heavy atom. The monoisotopic (exact) mass is 196 g/mol. The summed E-state index contributed by atoms with van der Waals surface area (Å²) < 4.78 is 0. The molecule has 0 fully saturated rings. The Balaban J connectivity index is 2.26. The first-order valence-corrected chi connectivity index (χ1v) is 5.17. The van der Waals surface area contributed by atoms with Crippen LogP contribution in [0.4, 0.5) is 5.69 Å². The Kier molecular flexibility index (Phi) is 1.75. The number of nitrogens with zero attached hydrogens (tertiary/aromatic N) is 1. The number of benzene rings is 1. The van der Waals surface area contributed by atoms with Gasteiger partial charge in [0.05, 0.1) is 17.6 Å². The predicted molar refractivity (Wildman–Crippen MR) is 61.5 cm³/mol. The van der Waals surface area contributed by atoms with Crippen LogP contribution < -0.4 is 5.73 Å². The van der Waals surface area contributed by atoms with Crippen molar-refractivity contribution in [2.75, 3.05) is 5.73 Å². The molecule has 74 valence electrons. The summed E-state index contributed by atoms with van der Waals surface area (Å²) in [5, 5.41) is 0. The van der Waals surface area contributed by atoms with E-state index >= 15 is 0 Å². The van der Waals surface area contributed by atoms with Crippen molar-refractivity contribution in [3.8, 4) is 11.3 Å². The lowest BCUT2D eigenvalue weighted by atomic mass is 9.89. The predicted octanol–water partition coefficient (Wildman–Crippen LogP) is 2.43. The number of pyridine rings is 1. The molecule has 0 radical (unpaired) electrons. The third-order valence-electron chi connectivity index (χ3n) is 2.92. The first-order chi connectivity index (χ1) is 7.34. The van der Waals surface area contributed by atoms with Gasteiger partial charge in [0.25, 0.3) is 0 Å². The molecule has 0 unspecified atom stereocenters. The third kappa shape index (κ3) is 1.30. The number of hydrogen-bond acceptors (Lipinski definition) is 2. The van der Waals surface area contributed by atoms with Gasteiger partial charge in [-0.25, -0.2) is 0 Å². The lowest BCUT2D eigenvalue weighted by Gasteiger charge is -2.18. The van der Waals surface area contributed by atoms with Gasteiger partial charge in [-0.15, -0.1) is 0 Å². The molecule has 2 N–H and O–H groups in total. The van der Waals surface area contributed by atoms with E-state index in [0.29, 0.717) is 0 Å². The van der Waals surface area contributed by atoms with Gasteiger partial charge in [0.1, 0.15) is 0 Å². The normalized spacial score (nSPS) is 13.1. The van der Waals surface area contributed by atoms with E-state index in [1.165, 1.54) is 16.7 Å². The highest BCUT2D eigenvalue weighted by Gasteiger charge is 2.16. The molecule has 3 rings (SSSR count). The van der Waals surface area contributed by atoms with Crippen LogP contribution in [0.25, 0.3) is 11.3 Å². The summed E-state index contributed by atoms with van der Waals surface area (Å²) >= 11 is 0. The standard InChI is InChI=1S/C13H12N2/c14-11-7-10-6-5-9-3-1-2-4-12(9)13(10)15-8-11/h1-4,7-8H,5-6,14H2. The molecule has 0 saturated carbocycles. The van der Waals surface area contributed by atoms with Crippen LogP contribution >= 0.6 is 0 Å². The minimum Gasteiger partial charge on any atom is -0.397 e. The minimum atomic E-state index is 0.758. The van der Waals surface area contributed by atoms with E-state index in [0.717, 1.165) is 24.2 Å². The van der Waals surface area contributed by atoms with E-state index < -0.39 is 0 Å². The van der Waals surface area contributed by atoms with Crippen molar-refractivity contribution < 1.29 is 0 Å². The molecule has 0 amide bonds. The van der Waals surface area contributed by atoms with Crippen LogP contribution in [0.15, 0.2) is 36.5 Å². The van der Waals surface area contributed by atoms with Crippen molar-refractivity contribution in [3.63, 3.8) is 0 Å². The summed E-state index contributed by atoms with van der Waals surface area (Å²) in [7, 11) is 0. The Morgan fingerprint density at radius 1 is 1.07 bits per heavy atom. The van der Waals surface area contributed by atoms with Crippen LogP contribution in [0, 0.1) is 0 Å². The average Bonchev–Trinajstić information content (AvgIpc) is 2.28. The number of hydrogen-bond donors (Lipinski definition) is 1. The number of anilines is 1. The maximum atomic E-state index is 5.74. The fourth-order valence-corrected chi connectivity index (χ4v) is 2.20. The molecule has 1 aliphatic rings. The Hall–Kier alpha value is -1.83. The zero-order chi connectivity index (χ0) is 10.3. The Morgan fingerprint density at radius 3 is 2.80 bits per heavy atom. The van der Waals surface area contributed by atoms with Crippen LogP contribution in [0.2, 0.25) is 0 Å². The lowest BCUT2D eigenvalue weighted by Crippen LogP contribution is -2.06. The van der Waals surface area contributed by atoms with Crippen LogP contribution in [0.5, 0.6) is 0 Å². The van der Waals surface area contributed by atoms with Crippen LogP contribution in [-0.4, -0.2) is 4.98 Å². The maximum Gasteiger partial charge on any atom is 0.0738 e. The van der Waals surface area contributed by atoms with Gasteiger partial charge in [-0.3, -0.25) is 4.98 Å². The summed E-state index contributed by atoms with van der Waals surface area (Å²) in [5.74, 6) is 0. The zero-order valence-corrected chi connectivity index (χ0v) is 8.40. The van der Waals surface area contributed by atoms with Crippen molar-refractivity contribution in [2.24, 2.45) is 0 Å². The minimum absolute atomic E-state index is 0.758. The average molecular weight is 196 g/mol. The number of aryl methyl sites for hydroxylation is 2. The second-order valence-electron chi connectivity index (χ2n) is 3.93. The van der Waals surface area contributed by atoms with Gasteiger partial charge in [0.2, 0.25) is 0 Å². The van der Waals surface area contributed by atoms with Crippen LogP contribution in [0.1, 0.15) is 11.1 Å². The van der Waals surface area contributed by atoms with Crippen molar-refractivity contribution in [1.29, 1.82) is 0 Å². The van der Waals surface area contributed by atoms with Crippen molar-refractivity contribution in [2.45, 2.75) is 12.8 Å². The second kappa shape index (κ2) is 3.09. The fourth-order valence-electron chi connectivity index (χ4n) is 2.20. The highest BCUT2D eigenvalue weighted by molar-refractivity contribution is 5.70. The number of rotatable bonds is 0. The largest absolute Gasteiger partial charge is 0.397 e. The van der Waals surface area contributed by atoms with E-state index in [1.54, 1.807) is 6.20 Å². The summed E-state index contributed by atoms with van der Waals surface area (Å²) in [4.78, 5) is 4.44. The number of nitrogens with two attached hydrogens (primary N) is 1. The zero-order valence-electron chi connectivity index (χ0n) is 8.40. The quantitative estimate of drug-likeness (QED) is 0.702. The molecule has 15 heavy (non-hydrogen) atoms. The second-order valence-corrected chi connectivity index (χ2v) is 3.93. The molecular formula is C13H12N2. The summed E-state index contributed by atoms with van der Waals surface area (Å²) in [6.07, 6.45) is 3.87. The Labute approximate surface area is 88.8 Å². The number of fused-ring (bicyclic) bond motifs is 3. The molecule has 0 spiro atoms. The molecule has 0 bridgehead atoms. The van der Waals surface area contributed by atoms with Crippen LogP contribution in [-0.2, 0) is 12.8 Å². The van der Waals surface area contributed by atoms with Crippen molar-refractivity contribution in [1.82, 2.24) is 4.98 Å². The fraction of sp³-hybridized carbons (Fsp3) is 0.154. The van der Waals surface area contributed by atoms with Crippen molar-refractivity contribution in [3.05, 3.63) is 47.7 Å². The first-order valence-electron chi connectivity index (χ1n) is 5.17. The highest BCUT2D eigenvalue weighted by atomic mass is 14.7. The molecular weight excluding hydrogens is 184 g/mol. The third-order valence-corrected chi connectivity index (χ3v) is 2.92. The van der Waals surface area contributed by atoms with E-state index in [4.69, 9.17) is 5.73 Å². The lowest BCUT2D eigenvalue weighted by molar-refractivity contribution is 0.928. The topological polar surface area (TPSA) is 38.9 Å². The first kappa shape index (κ1) is 8.48. The molecule has 0 saturated heterocycles. The van der Waals surface area contributed by atoms with Crippen molar-refractivity contribution >= 4 is 5.69 Å². The molecule has 1 aliphatic carbocycles. The molecule has 1 heterocycles. The maximum absolute atomic E-state index is 5.74. The van der Waals surface area contributed by atoms with Gasteiger partial charge in [0, 0.05) is 5.56 Å². The van der Waals surface area contributed by atoms with Crippen LogP contribution in [0.3, 0.4) is 0 Å². The van der Waals surface area contributed by atoms with E-state index in [2.05, 4.69) is 29.2 Å². The van der Waals surface area contributed by atoms with Gasteiger partial charge in [0.15, 0.2) is 0 Å². The molecule has 1 aromatic carbocycles. The number of aromatic nitrogens is 1. The molecule has 0 aliphatic heterocycles. The smallest absolute Gasteiger partial charge is 0.0738 e. The number of nitrogen functional groups attached to an aromatic ring is 1. The van der Waals surface area contributed by atoms with Gasteiger partial charge in [-0.05, 0) is 30.0 Å². The summed E-state index contributed by atoms with van der Waals surface area (Å²) in [6, 6.07) is 10.5. The van der Waals surface area contributed by atoms with E-state index in [9.17, 15) is 0 Å².